The largest absolute Gasteiger partial charge is 0.481 e. The minimum atomic E-state index is -1.06. The molecule has 1 aliphatic carbocycles. The normalized spacial score (nSPS) is 20.9. The Morgan fingerprint density at radius 1 is 0.875 bits per heavy atom. The molecule has 1 rings (SSSR count). The van der Waals surface area contributed by atoms with E-state index in [-0.39, 0.29) is 12.1 Å². The summed E-state index contributed by atoms with van der Waals surface area (Å²) in [5.41, 5.74) is -1.06. The first kappa shape index (κ1) is 28.7. The third kappa shape index (κ3) is 11.0. The van der Waals surface area contributed by atoms with Crippen LogP contribution in [-0.2, 0) is 14.3 Å². The van der Waals surface area contributed by atoms with Crippen LogP contribution in [-0.4, -0.2) is 23.1 Å². The van der Waals surface area contributed by atoms with Crippen molar-refractivity contribution in [3.05, 3.63) is 12.2 Å². The first-order valence-electron chi connectivity index (χ1n) is 13.3. The average Bonchev–Trinajstić information content (AvgIpc) is 2.72. The third-order valence-corrected chi connectivity index (χ3v) is 6.94. The molecule has 2 atom stereocenters. The predicted octanol–water partition coefficient (Wildman–Crippen LogP) is 7.95. The van der Waals surface area contributed by atoms with Gasteiger partial charge in [-0.15, -0.1) is 0 Å². The van der Waals surface area contributed by atoms with Crippen molar-refractivity contribution in [2.24, 2.45) is 23.2 Å². The first-order valence-corrected chi connectivity index (χ1v) is 13.3. The van der Waals surface area contributed by atoms with E-state index in [0.717, 1.165) is 37.5 Å². The number of carbonyl (C=O) groups is 2. The molecule has 0 aromatic carbocycles. The highest BCUT2D eigenvalue weighted by molar-refractivity contribution is 5.86. The molecule has 0 fully saturated rings. The van der Waals surface area contributed by atoms with Gasteiger partial charge in [0.15, 0.2) is 0 Å². The summed E-state index contributed by atoms with van der Waals surface area (Å²) in [6, 6.07) is 0. The number of carboxylic acids is 1. The Bertz CT molecular complexity index is 546. The summed E-state index contributed by atoms with van der Waals surface area (Å²) >= 11 is 0. The Morgan fingerprint density at radius 2 is 1.34 bits per heavy atom. The number of hydrogen-bond acceptors (Lipinski definition) is 3. The van der Waals surface area contributed by atoms with E-state index in [9.17, 15) is 14.7 Å². The minimum Gasteiger partial charge on any atom is -0.481 e. The van der Waals surface area contributed by atoms with Crippen molar-refractivity contribution in [3.8, 4) is 0 Å². The highest BCUT2D eigenvalue weighted by Gasteiger charge is 2.46. The second kappa shape index (κ2) is 15.5. The number of aliphatic carboxylic acids is 1. The molecule has 0 saturated heterocycles. The lowest BCUT2D eigenvalue weighted by molar-refractivity contribution is -0.168. The van der Waals surface area contributed by atoms with Crippen LogP contribution < -0.4 is 0 Å². The quantitative estimate of drug-likeness (QED) is 0.139. The highest BCUT2D eigenvalue weighted by Crippen LogP contribution is 2.38. The van der Waals surface area contributed by atoms with Crippen LogP contribution in [0.2, 0.25) is 0 Å². The van der Waals surface area contributed by atoms with Crippen molar-refractivity contribution >= 4 is 11.9 Å². The molecule has 0 aromatic rings. The molecule has 0 aliphatic heterocycles. The van der Waals surface area contributed by atoms with E-state index in [1.165, 1.54) is 51.4 Å². The Morgan fingerprint density at radius 3 is 1.78 bits per heavy atom. The molecular weight excluding hydrogens is 400 g/mol. The maximum Gasteiger partial charge on any atom is 0.316 e. The summed E-state index contributed by atoms with van der Waals surface area (Å²) in [7, 11) is 0. The van der Waals surface area contributed by atoms with Crippen molar-refractivity contribution in [3.63, 3.8) is 0 Å². The number of rotatable bonds is 17. The van der Waals surface area contributed by atoms with Crippen LogP contribution in [0.5, 0.6) is 0 Å². The van der Waals surface area contributed by atoms with E-state index in [4.69, 9.17) is 4.74 Å². The SMILES string of the molecule is CC(C)CCCCCCC(CCCCCCC(C)C)OC(=O)C1(C)C=CCCC1C(=O)O. The van der Waals surface area contributed by atoms with E-state index in [0.29, 0.717) is 12.8 Å². The topological polar surface area (TPSA) is 63.6 Å². The van der Waals surface area contributed by atoms with Gasteiger partial charge in [0.05, 0.1) is 11.3 Å². The summed E-state index contributed by atoms with van der Waals surface area (Å²) in [6.07, 6.45) is 18.6. The molecule has 32 heavy (non-hydrogen) atoms. The molecule has 4 heteroatoms. The van der Waals surface area contributed by atoms with Gasteiger partial charge in [-0.05, 0) is 57.3 Å². The van der Waals surface area contributed by atoms with Crippen molar-refractivity contribution in [1.82, 2.24) is 0 Å². The molecule has 1 N–H and O–H groups in total. The zero-order valence-corrected chi connectivity index (χ0v) is 21.5. The van der Waals surface area contributed by atoms with Crippen molar-refractivity contribution < 1.29 is 19.4 Å². The fourth-order valence-corrected chi connectivity index (χ4v) is 4.69. The van der Waals surface area contributed by atoms with Crippen molar-refractivity contribution in [2.45, 2.75) is 131 Å². The van der Waals surface area contributed by atoms with Crippen LogP contribution in [0.4, 0.5) is 0 Å². The van der Waals surface area contributed by atoms with E-state index in [2.05, 4.69) is 27.7 Å². The lowest BCUT2D eigenvalue weighted by Gasteiger charge is -2.34. The standard InChI is InChI=1S/C28H50O4/c1-22(2)16-10-6-8-12-18-24(19-13-9-7-11-17-23(3)4)32-27(31)28(5)21-15-14-20-25(28)26(29)30/h15,21-25H,6-14,16-20H2,1-5H3,(H,29,30). The molecule has 0 radical (unpaired) electrons. The smallest absolute Gasteiger partial charge is 0.316 e. The fraction of sp³-hybridized carbons (Fsp3) is 0.857. The summed E-state index contributed by atoms with van der Waals surface area (Å²) in [6.45, 7) is 10.8. The monoisotopic (exact) mass is 450 g/mol. The van der Waals surface area contributed by atoms with Crippen LogP contribution in [0, 0.1) is 23.2 Å². The molecule has 1 aliphatic rings. The molecule has 0 heterocycles. The Labute approximate surface area is 197 Å². The molecule has 0 saturated carbocycles. The molecule has 4 nitrogen and oxygen atoms in total. The lowest BCUT2D eigenvalue weighted by atomic mass is 9.71. The van der Waals surface area contributed by atoms with Gasteiger partial charge in [0.2, 0.25) is 0 Å². The van der Waals surface area contributed by atoms with Gasteiger partial charge in [0.25, 0.3) is 0 Å². The highest BCUT2D eigenvalue weighted by atomic mass is 16.5. The fourth-order valence-electron chi connectivity index (χ4n) is 4.69. The van der Waals surface area contributed by atoms with E-state index in [1.54, 1.807) is 13.0 Å². The lowest BCUT2D eigenvalue weighted by Crippen LogP contribution is -2.42. The van der Waals surface area contributed by atoms with Crippen molar-refractivity contribution in [2.75, 3.05) is 0 Å². The van der Waals surface area contributed by atoms with Gasteiger partial charge in [0.1, 0.15) is 6.10 Å². The average molecular weight is 451 g/mol. The Balaban J connectivity index is 2.59. The molecule has 0 spiro atoms. The minimum absolute atomic E-state index is 0.0979. The summed E-state index contributed by atoms with van der Waals surface area (Å²) in [5.74, 6) is -0.449. The number of ether oxygens (including phenoxy) is 1. The maximum atomic E-state index is 13.1. The van der Waals surface area contributed by atoms with Gasteiger partial charge in [-0.25, -0.2) is 0 Å². The second-order valence-electron chi connectivity index (χ2n) is 11.0. The van der Waals surface area contributed by atoms with Gasteiger partial charge >= 0.3 is 11.9 Å². The van der Waals surface area contributed by atoms with Crippen molar-refractivity contribution in [1.29, 1.82) is 0 Å². The number of esters is 1. The molecule has 0 aromatic heterocycles. The molecule has 0 amide bonds. The van der Waals surface area contributed by atoms with Crippen LogP contribution in [0.1, 0.15) is 125 Å². The predicted molar refractivity (Wildman–Crippen MR) is 133 cm³/mol. The van der Waals surface area contributed by atoms with E-state index < -0.39 is 17.3 Å². The summed E-state index contributed by atoms with van der Waals surface area (Å²) in [5, 5.41) is 9.64. The van der Waals surface area contributed by atoms with Gasteiger partial charge in [0, 0.05) is 0 Å². The van der Waals surface area contributed by atoms with Gasteiger partial charge in [-0.3, -0.25) is 9.59 Å². The summed E-state index contributed by atoms with van der Waals surface area (Å²) < 4.78 is 6.01. The van der Waals surface area contributed by atoms with E-state index in [1.807, 2.05) is 6.08 Å². The van der Waals surface area contributed by atoms with E-state index >= 15 is 0 Å². The first-order chi connectivity index (χ1) is 15.2. The summed E-state index contributed by atoms with van der Waals surface area (Å²) in [4.78, 5) is 24.9. The Kier molecular flexibility index (Phi) is 13.9. The number of hydrogen-bond donors (Lipinski definition) is 1. The number of unbranched alkanes of at least 4 members (excludes halogenated alkanes) is 6. The molecule has 0 bridgehead atoms. The maximum absolute atomic E-state index is 13.1. The molecule has 186 valence electrons. The molecule has 2 unspecified atom stereocenters. The van der Waals surface area contributed by atoms with Gasteiger partial charge < -0.3 is 9.84 Å². The van der Waals surface area contributed by atoms with Gasteiger partial charge in [-0.1, -0.05) is 91.2 Å². The Hall–Kier alpha value is -1.32. The zero-order valence-electron chi connectivity index (χ0n) is 21.5. The third-order valence-electron chi connectivity index (χ3n) is 6.94. The van der Waals surface area contributed by atoms with Crippen LogP contribution in [0.15, 0.2) is 12.2 Å². The number of allylic oxidation sites excluding steroid dienone is 1. The molecular formula is C28H50O4. The van der Waals surface area contributed by atoms with Gasteiger partial charge in [-0.2, -0.15) is 0 Å². The van der Waals surface area contributed by atoms with Crippen LogP contribution >= 0.6 is 0 Å². The number of carbonyl (C=O) groups excluding carboxylic acids is 1. The zero-order chi connectivity index (χ0) is 24.0. The number of carboxylic acid groups (broad SMARTS) is 1. The van der Waals surface area contributed by atoms with Crippen LogP contribution in [0.3, 0.4) is 0 Å². The van der Waals surface area contributed by atoms with Crippen LogP contribution in [0.25, 0.3) is 0 Å². The second-order valence-corrected chi connectivity index (χ2v) is 11.0.